The van der Waals surface area contributed by atoms with Crippen molar-refractivity contribution in [1.82, 2.24) is 5.32 Å². The van der Waals surface area contributed by atoms with Crippen LogP contribution >= 0.6 is 0 Å². The van der Waals surface area contributed by atoms with Gasteiger partial charge in [0.05, 0.1) is 12.2 Å². The fraction of sp³-hybridized carbons (Fsp3) is 0.462. The maximum absolute atomic E-state index is 13.3. The Morgan fingerprint density at radius 1 is 1.42 bits per heavy atom. The van der Waals surface area contributed by atoms with Gasteiger partial charge in [0.15, 0.2) is 0 Å². The molecule has 2 unspecified atom stereocenters. The van der Waals surface area contributed by atoms with Crippen LogP contribution in [-0.4, -0.2) is 34.7 Å². The van der Waals surface area contributed by atoms with E-state index >= 15 is 0 Å². The van der Waals surface area contributed by atoms with Crippen LogP contribution in [0.4, 0.5) is 10.1 Å². The Morgan fingerprint density at radius 2 is 2.11 bits per heavy atom. The van der Waals surface area contributed by atoms with Gasteiger partial charge in [0, 0.05) is 22.3 Å². The normalized spacial score (nSPS) is 13.8. The maximum atomic E-state index is 13.3. The summed E-state index contributed by atoms with van der Waals surface area (Å²) in [6.45, 7) is 2.61. The number of carbonyl (C=O) groups is 1. The van der Waals surface area contributed by atoms with E-state index < -0.39 is 16.6 Å². The summed E-state index contributed by atoms with van der Waals surface area (Å²) in [5.74, 6) is -0.749. The number of hydrogen-bond donors (Lipinski definition) is 2. The van der Waals surface area contributed by atoms with E-state index in [-0.39, 0.29) is 23.4 Å². The van der Waals surface area contributed by atoms with Crippen LogP contribution < -0.4 is 10.6 Å². The fourth-order valence-corrected chi connectivity index (χ4v) is 1.88. The Hall–Kier alpha value is -1.27. The highest BCUT2D eigenvalue weighted by atomic mass is 32.2. The van der Waals surface area contributed by atoms with E-state index in [1.54, 1.807) is 18.4 Å². The van der Waals surface area contributed by atoms with Gasteiger partial charge in [0.25, 0.3) is 0 Å². The summed E-state index contributed by atoms with van der Waals surface area (Å²) in [5.41, 5.74) is 0.178. The second kappa shape index (κ2) is 8.01. The summed E-state index contributed by atoms with van der Waals surface area (Å²) in [6.07, 6.45) is 2.39. The predicted molar refractivity (Wildman–Crippen MR) is 76.0 cm³/mol. The quantitative estimate of drug-likeness (QED) is 0.747. The van der Waals surface area contributed by atoms with E-state index in [1.807, 2.05) is 6.92 Å². The van der Waals surface area contributed by atoms with Gasteiger partial charge in [-0.1, -0.05) is 19.1 Å². The fourth-order valence-electron chi connectivity index (χ4n) is 1.43. The number of carbonyl (C=O) groups excluding carboxylic acids is 1. The van der Waals surface area contributed by atoms with Crippen molar-refractivity contribution < 1.29 is 13.4 Å². The van der Waals surface area contributed by atoms with Crippen LogP contribution in [0.3, 0.4) is 0 Å². The van der Waals surface area contributed by atoms with Crippen molar-refractivity contribution in [2.75, 3.05) is 24.7 Å². The molecule has 19 heavy (non-hydrogen) atoms. The Balaban J connectivity index is 2.26. The third kappa shape index (κ3) is 5.94. The van der Waals surface area contributed by atoms with Gasteiger partial charge < -0.3 is 10.6 Å². The first-order chi connectivity index (χ1) is 9.00. The minimum absolute atomic E-state index is 0.0992. The van der Waals surface area contributed by atoms with Gasteiger partial charge in [0.1, 0.15) is 5.82 Å². The van der Waals surface area contributed by atoms with Crippen molar-refractivity contribution in [3.63, 3.8) is 0 Å². The minimum Gasteiger partial charge on any atom is -0.322 e. The first-order valence-corrected chi connectivity index (χ1v) is 7.70. The van der Waals surface area contributed by atoms with Gasteiger partial charge in [-0.05, 0) is 25.1 Å². The molecule has 0 radical (unpaired) electrons. The van der Waals surface area contributed by atoms with Crippen LogP contribution in [-0.2, 0) is 15.6 Å². The van der Waals surface area contributed by atoms with Crippen LogP contribution in [0.1, 0.15) is 13.3 Å². The molecule has 4 nitrogen and oxygen atoms in total. The van der Waals surface area contributed by atoms with Crippen LogP contribution in [0.15, 0.2) is 24.3 Å². The van der Waals surface area contributed by atoms with Crippen molar-refractivity contribution in [3.8, 4) is 0 Å². The predicted octanol–water partition coefficient (Wildman–Crippen LogP) is 1.51. The number of para-hydroxylation sites is 1. The molecule has 0 aliphatic rings. The average Bonchev–Trinajstić information content (AvgIpc) is 2.37. The molecule has 1 aromatic carbocycles. The van der Waals surface area contributed by atoms with Gasteiger partial charge in [-0.3, -0.25) is 9.00 Å². The number of benzene rings is 1. The van der Waals surface area contributed by atoms with Gasteiger partial charge in [-0.15, -0.1) is 0 Å². The van der Waals surface area contributed by atoms with Gasteiger partial charge >= 0.3 is 0 Å². The summed E-state index contributed by atoms with van der Waals surface area (Å²) >= 11 is 0. The molecule has 0 bridgehead atoms. The smallest absolute Gasteiger partial charge is 0.238 e. The highest BCUT2D eigenvalue weighted by Crippen LogP contribution is 2.11. The second-order valence-electron chi connectivity index (χ2n) is 4.30. The molecule has 0 aromatic heterocycles. The number of hydrogen-bond acceptors (Lipinski definition) is 3. The molecule has 0 aliphatic heterocycles. The first-order valence-electron chi connectivity index (χ1n) is 6.08. The zero-order valence-electron chi connectivity index (χ0n) is 11.1. The van der Waals surface area contributed by atoms with Gasteiger partial charge in [-0.25, -0.2) is 4.39 Å². The zero-order chi connectivity index (χ0) is 14.3. The summed E-state index contributed by atoms with van der Waals surface area (Å²) in [5, 5.41) is 5.53. The number of amides is 1. The second-order valence-corrected chi connectivity index (χ2v) is 6.10. The molecule has 1 rings (SSSR count). The van der Waals surface area contributed by atoms with Crippen LogP contribution in [0, 0.1) is 5.82 Å². The summed E-state index contributed by atoms with van der Waals surface area (Å²) < 4.78 is 24.4. The Morgan fingerprint density at radius 3 is 2.74 bits per heavy atom. The molecule has 2 atom stereocenters. The van der Waals surface area contributed by atoms with E-state index in [1.165, 1.54) is 12.1 Å². The zero-order valence-corrected chi connectivity index (χ0v) is 11.9. The lowest BCUT2D eigenvalue weighted by atomic mass is 10.3. The molecule has 0 saturated heterocycles. The van der Waals surface area contributed by atoms with Crippen LogP contribution in [0.25, 0.3) is 0 Å². The van der Waals surface area contributed by atoms with Crippen molar-refractivity contribution in [2.45, 2.75) is 18.6 Å². The Bertz CT molecular complexity index is 454. The molecule has 106 valence electrons. The molecular weight excluding hydrogens is 267 g/mol. The highest BCUT2D eigenvalue weighted by Gasteiger charge is 2.07. The molecule has 6 heteroatoms. The number of nitrogens with one attached hydrogen (secondary N) is 2. The summed E-state index contributed by atoms with van der Waals surface area (Å²) in [6, 6.07) is 6.02. The topological polar surface area (TPSA) is 58.2 Å². The molecule has 1 aromatic rings. The molecular formula is C13H19FN2O2S. The summed E-state index contributed by atoms with van der Waals surface area (Å²) in [4.78, 5) is 11.5. The lowest BCUT2D eigenvalue weighted by Crippen LogP contribution is -2.30. The van der Waals surface area contributed by atoms with E-state index in [2.05, 4.69) is 10.6 Å². The number of halogens is 1. The third-order valence-electron chi connectivity index (χ3n) is 2.73. The largest absolute Gasteiger partial charge is 0.322 e. The van der Waals surface area contributed by atoms with Gasteiger partial charge in [0.2, 0.25) is 5.91 Å². The van der Waals surface area contributed by atoms with E-state index in [0.29, 0.717) is 6.54 Å². The summed E-state index contributed by atoms with van der Waals surface area (Å²) in [7, 11) is -0.849. The molecule has 0 spiro atoms. The van der Waals surface area contributed by atoms with Crippen molar-refractivity contribution in [2.24, 2.45) is 0 Å². The van der Waals surface area contributed by atoms with Crippen LogP contribution in [0.5, 0.6) is 0 Å². The van der Waals surface area contributed by atoms with E-state index in [0.717, 1.165) is 6.42 Å². The van der Waals surface area contributed by atoms with Gasteiger partial charge in [-0.2, -0.15) is 0 Å². The molecule has 0 fully saturated rings. The molecule has 0 aliphatic carbocycles. The maximum Gasteiger partial charge on any atom is 0.238 e. The molecule has 0 heterocycles. The Kier molecular flexibility index (Phi) is 6.66. The lowest BCUT2D eigenvalue weighted by molar-refractivity contribution is -0.115. The van der Waals surface area contributed by atoms with Crippen molar-refractivity contribution in [3.05, 3.63) is 30.1 Å². The van der Waals surface area contributed by atoms with Crippen molar-refractivity contribution >= 4 is 22.4 Å². The third-order valence-corrected chi connectivity index (χ3v) is 4.10. The molecule has 1 amide bonds. The standard InChI is InChI=1S/C13H19FN2O2S/c1-10(19(2)18)7-8-15-9-13(17)16-12-6-4-3-5-11(12)14/h3-6,10,15H,7-9H2,1-2H3,(H,16,17). The molecule has 2 N–H and O–H groups in total. The van der Waals surface area contributed by atoms with Crippen LogP contribution in [0.2, 0.25) is 0 Å². The average molecular weight is 286 g/mol. The first kappa shape index (κ1) is 15.8. The highest BCUT2D eigenvalue weighted by molar-refractivity contribution is 7.84. The van der Waals surface area contributed by atoms with Crippen molar-refractivity contribution in [1.29, 1.82) is 0 Å². The molecule has 0 saturated carbocycles. The lowest BCUT2D eigenvalue weighted by Gasteiger charge is -2.10. The van der Waals surface area contributed by atoms with E-state index in [4.69, 9.17) is 0 Å². The van der Waals surface area contributed by atoms with E-state index in [9.17, 15) is 13.4 Å². The minimum atomic E-state index is -0.849. The Labute approximate surface area is 115 Å². The monoisotopic (exact) mass is 286 g/mol. The number of rotatable bonds is 7. The number of anilines is 1. The SMILES string of the molecule is CC(CCNCC(=O)Nc1ccccc1F)S(C)=O.